The number of nitrogens with zero attached hydrogens (tertiary/aromatic N) is 2. The van der Waals surface area contributed by atoms with E-state index < -0.39 is 27.5 Å². The van der Waals surface area contributed by atoms with Crippen molar-refractivity contribution in [3.8, 4) is 17.2 Å². The van der Waals surface area contributed by atoms with Gasteiger partial charge in [-0.25, -0.2) is 0 Å². The molecule has 34 heavy (non-hydrogen) atoms. The summed E-state index contributed by atoms with van der Waals surface area (Å²) in [5.41, 5.74) is 1.79. The van der Waals surface area contributed by atoms with Crippen LogP contribution in [0.3, 0.4) is 0 Å². The van der Waals surface area contributed by atoms with Crippen molar-refractivity contribution in [2.45, 2.75) is 33.6 Å². The Morgan fingerprint density at radius 3 is 2.56 bits per heavy atom. The number of carbonyl (C=O) groups is 2. The van der Waals surface area contributed by atoms with Crippen molar-refractivity contribution in [2.24, 2.45) is 0 Å². The van der Waals surface area contributed by atoms with Gasteiger partial charge in [0.25, 0.3) is 11.1 Å². The molecule has 0 spiro atoms. The van der Waals surface area contributed by atoms with Crippen molar-refractivity contribution >= 4 is 34.7 Å². The molecule has 0 unspecified atom stereocenters. The summed E-state index contributed by atoms with van der Waals surface area (Å²) in [6.07, 6.45) is 1.37. The third-order valence-electron chi connectivity index (χ3n) is 5.11. The summed E-state index contributed by atoms with van der Waals surface area (Å²) in [5.74, 6) is -0.203. The number of benzene rings is 2. The topological polar surface area (TPSA) is 119 Å². The van der Waals surface area contributed by atoms with Gasteiger partial charge in [0.05, 0.1) is 23.0 Å². The first kappa shape index (κ1) is 25.1. The molecule has 3 rings (SSSR count). The molecule has 1 aliphatic heterocycles. The van der Waals surface area contributed by atoms with Crippen LogP contribution in [0.15, 0.2) is 35.2 Å². The highest BCUT2D eigenvalue weighted by Crippen LogP contribution is 2.39. The summed E-state index contributed by atoms with van der Waals surface area (Å²) in [4.78, 5) is 37.0. The molecule has 1 heterocycles. The molecule has 2 aromatic rings. The van der Waals surface area contributed by atoms with Gasteiger partial charge in [0.2, 0.25) is 5.75 Å². The smallest absolute Gasteiger partial charge is 0.315 e. The SMILES string of the molecule is CCOc1cc(/C=C2\SC(=O)N(CCOc3cc(C)ccc3C(C)C)C2=O)cc([N+](=O)[O-])c1O. The van der Waals surface area contributed by atoms with Gasteiger partial charge in [-0.3, -0.25) is 24.6 Å². The second kappa shape index (κ2) is 10.6. The van der Waals surface area contributed by atoms with Crippen LogP contribution in [0.4, 0.5) is 10.5 Å². The highest BCUT2D eigenvalue weighted by Gasteiger charge is 2.35. The van der Waals surface area contributed by atoms with Gasteiger partial charge >= 0.3 is 5.69 Å². The Labute approximate surface area is 201 Å². The molecule has 1 saturated heterocycles. The number of phenolic OH excluding ortho intramolecular Hbond substituents is 1. The van der Waals surface area contributed by atoms with Crippen molar-refractivity contribution < 1.29 is 29.1 Å². The van der Waals surface area contributed by atoms with E-state index in [0.717, 1.165) is 39.6 Å². The van der Waals surface area contributed by atoms with E-state index in [1.54, 1.807) is 6.92 Å². The first-order valence-corrected chi connectivity index (χ1v) is 11.6. The Kier molecular flexibility index (Phi) is 7.83. The number of thioether (sulfide) groups is 1. The number of aromatic hydroxyl groups is 1. The van der Waals surface area contributed by atoms with Gasteiger partial charge in [-0.2, -0.15) is 0 Å². The lowest BCUT2D eigenvalue weighted by Gasteiger charge is -2.17. The van der Waals surface area contributed by atoms with Crippen molar-refractivity contribution in [1.29, 1.82) is 0 Å². The molecule has 0 radical (unpaired) electrons. The summed E-state index contributed by atoms with van der Waals surface area (Å²) in [5, 5.41) is 20.9. The van der Waals surface area contributed by atoms with Crippen LogP contribution in [0, 0.1) is 17.0 Å². The van der Waals surface area contributed by atoms with Crippen molar-refractivity contribution in [2.75, 3.05) is 19.8 Å². The van der Waals surface area contributed by atoms with Crippen LogP contribution in [0.5, 0.6) is 17.2 Å². The standard InChI is InChI=1S/C24H26N2O7S/c1-5-32-20-12-16(11-18(22(20)27)26(30)31)13-21-23(28)25(24(29)34-21)8-9-33-19-10-15(4)6-7-17(19)14(2)3/h6-7,10-14,27H,5,8-9H2,1-4H3/b21-13-. The number of nitro groups is 1. The number of ether oxygens (including phenoxy) is 2. The highest BCUT2D eigenvalue weighted by molar-refractivity contribution is 8.18. The van der Waals surface area contributed by atoms with E-state index in [1.807, 2.05) is 25.1 Å². The Hall–Kier alpha value is -3.53. The minimum atomic E-state index is -0.741. The number of hydrogen-bond acceptors (Lipinski definition) is 8. The second-order valence-corrected chi connectivity index (χ2v) is 8.95. The molecule has 0 aromatic heterocycles. The maximum absolute atomic E-state index is 12.8. The maximum atomic E-state index is 12.8. The average Bonchev–Trinajstić information content (AvgIpc) is 3.03. The molecule has 2 amide bonds. The van der Waals surface area contributed by atoms with Crippen LogP contribution in [0.2, 0.25) is 0 Å². The fourth-order valence-corrected chi connectivity index (χ4v) is 4.30. The summed E-state index contributed by atoms with van der Waals surface area (Å²) in [6.45, 7) is 8.13. The number of imide groups is 1. The molecule has 0 atom stereocenters. The lowest BCUT2D eigenvalue weighted by Crippen LogP contribution is -2.32. The van der Waals surface area contributed by atoms with Crippen LogP contribution < -0.4 is 9.47 Å². The first-order chi connectivity index (χ1) is 16.1. The minimum absolute atomic E-state index is 0.0629. The summed E-state index contributed by atoms with van der Waals surface area (Å²) < 4.78 is 11.2. The Balaban J connectivity index is 1.76. The molecule has 1 fully saturated rings. The lowest BCUT2D eigenvalue weighted by atomic mass is 10.0. The van der Waals surface area contributed by atoms with Gasteiger partial charge in [0.1, 0.15) is 12.4 Å². The van der Waals surface area contributed by atoms with Crippen LogP contribution >= 0.6 is 11.8 Å². The molecule has 0 bridgehead atoms. The molecule has 180 valence electrons. The normalized spacial score (nSPS) is 14.9. The zero-order valence-corrected chi connectivity index (χ0v) is 20.2. The summed E-state index contributed by atoms with van der Waals surface area (Å²) >= 11 is 0.741. The summed E-state index contributed by atoms with van der Waals surface area (Å²) in [7, 11) is 0. The van der Waals surface area contributed by atoms with Crippen molar-refractivity contribution in [1.82, 2.24) is 4.90 Å². The fraction of sp³-hybridized carbons (Fsp3) is 0.333. The van der Waals surface area contributed by atoms with Gasteiger partial charge in [-0.15, -0.1) is 0 Å². The summed E-state index contributed by atoms with van der Waals surface area (Å²) in [6, 6.07) is 8.45. The molecule has 1 aliphatic rings. The van der Waals surface area contributed by atoms with E-state index in [9.17, 15) is 24.8 Å². The number of carbonyl (C=O) groups excluding carboxylic acids is 2. The molecule has 0 aliphatic carbocycles. The van der Waals surface area contributed by atoms with Gasteiger partial charge < -0.3 is 14.6 Å². The molecular formula is C24H26N2O7S. The van der Waals surface area contributed by atoms with E-state index >= 15 is 0 Å². The Morgan fingerprint density at radius 2 is 1.91 bits per heavy atom. The molecule has 2 aromatic carbocycles. The minimum Gasteiger partial charge on any atom is -0.500 e. The maximum Gasteiger partial charge on any atom is 0.315 e. The molecule has 9 nitrogen and oxygen atoms in total. The Morgan fingerprint density at radius 1 is 1.18 bits per heavy atom. The fourth-order valence-electron chi connectivity index (χ4n) is 3.44. The van der Waals surface area contributed by atoms with Gasteiger partial charge in [0.15, 0.2) is 5.75 Å². The molecule has 1 N–H and O–H groups in total. The molecule has 10 heteroatoms. The van der Waals surface area contributed by atoms with Crippen LogP contribution in [-0.2, 0) is 4.79 Å². The average molecular weight is 487 g/mol. The van der Waals surface area contributed by atoms with Crippen LogP contribution in [0.1, 0.15) is 43.4 Å². The predicted molar refractivity (Wildman–Crippen MR) is 129 cm³/mol. The number of hydrogen-bond donors (Lipinski definition) is 1. The van der Waals surface area contributed by atoms with E-state index in [-0.39, 0.29) is 41.9 Å². The first-order valence-electron chi connectivity index (χ1n) is 10.7. The number of nitro benzene ring substituents is 1. The zero-order valence-electron chi connectivity index (χ0n) is 19.4. The largest absolute Gasteiger partial charge is 0.500 e. The lowest BCUT2D eigenvalue weighted by molar-refractivity contribution is -0.386. The number of rotatable bonds is 9. The van der Waals surface area contributed by atoms with Gasteiger partial charge in [0, 0.05) is 6.07 Å². The Bertz CT molecular complexity index is 1160. The third kappa shape index (κ3) is 5.51. The van der Waals surface area contributed by atoms with Crippen molar-refractivity contribution in [3.05, 3.63) is 62.0 Å². The van der Waals surface area contributed by atoms with E-state index in [2.05, 4.69) is 13.8 Å². The quantitative estimate of drug-likeness (QED) is 0.290. The molecule has 0 saturated carbocycles. The third-order valence-corrected chi connectivity index (χ3v) is 6.02. The van der Waals surface area contributed by atoms with Crippen LogP contribution in [0.25, 0.3) is 6.08 Å². The van der Waals surface area contributed by atoms with Gasteiger partial charge in [-0.1, -0.05) is 26.0 Å². The van der Waals surface area contributed by atoms with Gasteiger partial charge in [-0.05, 0) is 66.4 Å². The van der Waals surface area contributed by atoms with E-state index in [4.69, 9.17) is 9.47 Å². The van der Waals surface area contributed by atoms with E-state index in [1.165, 1.54) is 12.1 Å². The molecular weight excluding hydrogens is 460 g/mol. The van der Waals surface area contributed by atoms with E-state index in [0.29, 0.717) is 0 Å². The van der Waals surface area contributed by atoms with Crippen LogP contribution in [-0.4, -0.2) is 45.8 Å². The number of phenols is 1. The monoisotopic (exact) mass is 486 g/mol. The number of amides is 2. The zero-order chi connectivity index (χ0) is 25.0. The van der Waals surface area contributed by atoms with Crippen molar-refractivity contribution in [3.63, 3.8) is 0 Å². The second-order valence-electron chi connectivity index (χ2n) is 7.95. The highest BCUT2D eigenvalue weighted by atomic mass is 32.2. The number of aryl methyl sites for hydroxylation is 1. The predicted octanol–water partition coefficient (Wildman–Crippen LogP) is 5.25.